The van der Waals surface area contributed by atoms with Crippen molar-refractivity contribution < 1.29 is 4.79 Å². The van der Waals surface area contributed by atoms with Crippen molar-refractivity contribution in [2.75, 3.05) is 13.1 Å². The molecule has 3 aromatic rings. The molecule has 0 unspecified atom stereocenters. The van der Waals surface area contributed by atoms with Gasteiger partial charge >= 0.3 is 0 Å². The third-order valence-corrected chi connectivity index (χ3v) is 4.23. The summed E-state index contributed by atoms with van der Waals surface area (Å²) in [6, 6.07) is 1.93. The lowest BCUT2D eigenvalue weighted by molar-refractivity contribution is 0.0724. The van der Waals surface area contributed by atoms with Gasteiger partial charge in [0.1, 0.15) is 5.65 Å². The SMILES string of the molecule is O=C(c1cnc2[nH]cc(-c3cn[nH]c3)c2c1)N1CCCCC1. The Morgan fingerprint density at radius 1 is 1.14 bits per heavy atom. The first-order valence-electron chi connectivity index (χ1n) is 7.58. The minimum atomic E-state index is 0.0773. The molecule has 0 aromatic carbocycles. The average molecular weight is 295 g/mol. The number of amides is 1. The van der Waals surface area contributed by atoms with Gasteiger partial charge in [-0.1, -0.05) is 0 Å². The standard InChI is InChI=1S/C16H17N5O/c22-16(21-4-2-1-3-5-21)11-6-13-14(12-8-19-20-9-12)10-18-15(13)17-7-11/h6-10H,1-5H2,(H,17,18)(H,19,20). The molecule has 0 bridgehead atoms. The summed E-state index contributed by atoms with van der Waals surface area (Å²) in [4.78, 5) is 22.1. The van der Waals surface area contributed by atoms with Crippen LogP contribution >= 0.6 is 0 Å². The highest BCUT2D eigenvalue weighted by Gasteiger charge is 2.19. The van der Waals surface area contributed by atoms with Gasteiger partial charge in [-0.2, -0.15) is 5.10 Å². The quantitative estimate of drug-likeness (QED) is 0.762. The lowest BCUT2D eigenvalue weighted by Crippen LogP contribution is -2.35. The molecule has 0 radical (unpaired) electrons. The molecule has 3 aromatic heterocycles. The number of likely N-dealkylation sites (tertiary alicyclic amines) is 1. The van der Waals surface area contributed by atoms with Crippen LogP contribution in [0.3, 0.4) is 0 Å². The van der Waals surface area contributed by atoms with Gasteiger partial charge in [0.05, 0.1) is 11.8 Å². The van der Waals surface area contributed by atoms with Crippen molar-refractivity contribution in [1.82, 2.24) is 25.1 Å². The van der Waals surface area contributed by atoms with Crippen molar-refractivity contribution in [2.24, 2.45) is 0 Å². The maximum Gasteiger partial charge on any atom is 0.255 e. The monoisotopic (exact) mass is 295 g/mol. The predicted molar refractivity (Wildman–Crippen MR) is 83.4 cm³/mol. The zero-order chi connectivity index (χ0) is 14.9. The van der Waals surface area contributed by atoms with Crippen LogP contribution < -0.4 is 0 Å². The number of aromatic nitrogens is 4. The van der Waals surface area contributed by atoms with Crippen LogP contribution in [0.4, 0.5) is 0 Å². The minimum absolute atomic E-state index is 0.0773. The highest BCUT2D eigenvalue weighted by Crippen LogP contribution is 2.27. The van der Waals surface area contributed by atoms with E-state index in [0.717, 1.165) is 48.1 Å². The number of rotatable bonds is 2. The Balaban J connectivity index is 1.73. The van der Waals surface area contributed by atoms with Gasteiger partial charge < -0.3 is 9.88 Å². The Morgan fingerprint density at radius 3 is 2.77 bits per heavy atom. The van der Waals surface area contributed by atoms with E-state index in [0.29, 0.717) is 5.56 Å². The number of nitrogens with one attached hydrogen (secondary N) is 2. The molecular weight excluding hydrogens is 278 g/mol. The van der Waals surface area contributed by atoms with Gasteiger partial charge in [0.15, 0.2) is 0 Å². The van der Waals surface area contributed by atoms with Gasteiger partial charge in [-0.05, 0) is 25.3 Å². The number of hydrogen-bond acceptors (Lipinski definition) is 3. The van der Waals surface area contributed by atoms with Gasteiger partial charge in [-0.25, -0.2) is 4.98 Å². The van der Waals surface area contributed by atoms with Crippen molar-refractivity contribution in [3.63, 3.8) is 0 Å². The highest BCUT2D eigenvalue weighted by molar-refractivity contribution is 6.00. The maximum absolute atomic E-state index is 12.6. The van der Waals surface area contributed by atoms with E-state index in [1.54, 1.807) is 12.4 Å². The van der Waals surface area contributed by atoms with E-state index in [1.807, 2.05) is 23.4 Å². The summed E-state index contributed by atoms with van der Waals surface area (Å²) in [5.74, 6) is 0.0773. The molecule has 1 aliphatic heterocycles. The third-order valence-electron chi connectivity index (χ3n) is 4.23. The van der Waals surface area contributed by atoms with Gasteiger partial charge in [-0.15, -0.1) is 0 Å². The first kappa shape index (κ1) is 13.1. The largest absolute Gasteiger partial charge is 0.346 e. The number of nitrogens with zero attached hydrogens (tertiary/aromatic N) is 3. The van der Waals surface area contributed by atoms with Crippen LogP contribution in [0.15, 0.2) is 30.9 Å². The number of fused-ring (bicyclic) bond motifs is 1. The zero-order valence-corrected chi connectivity index (χ0v) is 12.2. The predicted octanol–water partition coefficient (Wildman–Crippen LogP) is 2.58. The van der Waals surface area contributed by atoms with Gasteiger partial charge in [0.25, 0.3) is 5.91 Å². The normalized spacial score (nSPS) is 15.4. The van der Waals surface area contributed by atoms with Crippen LogP contribution in [0.2, 0.25) is 0 Å². The molecule has 0 aliphatic carbocycles. The number of aromatic amines is 2. The summed E-state index contributed by atoms with van der Waals surface area (Å²) in [5.41, 5.74) is 3.42. The molecule has 112 valence electrons. The van der Waals surface area contributed by atoms with Gasteiger partial charge in [0.2, 0.25) is 0 Å². The van der Waals surface area contributed by atoms with E-state index in [9.17, 15) is 4.79 Å². The molecule has 0 atom stereocenters. The van der Waals surface area contributed by atoms with Crippen molar-refractivity contribution in [3.8, 4) is 11.1 Å². The number of piperidine rings is 1. The van der Waals surface area contributed by atoms with Crippen LogP contribution in [-0.4, -0.2) is 44.1 Å². The fraction of sp³-hybridized carbons (Fsp3) is 0.312. The number of hydrogen-bond donors (Lipinski definition) is 2. The van der Waals surface area contributed by atoms with E-state index < -0.39 is 0 Å². The summed E-state index contributed by atoms with van der Waals surface area (Å²) in [6.07, 6.45) is 10.6. The first-order chi connectivity index (χ1) is 10.8. The zero-order valence-electron chi connectivity index (χ0n) is 12.2. The van der Waals surface area contributed by atoms with Crippen molar-refractivity contribution in [1.29, 1.82) is 0 Å². The highest BCUT2D eigenvalue weighted by atomic mass is 16.2. The van der Waals surface area contributed by atoms with Crippen molar-refractivity contribution in [3.05, 3.63) is 36.4 Å². The second kappa shape index (κ2) is 5.29. The lowest BCUT2D eigenvalue weighted by Gasteiger charge is -2.26. The molecule has 1 fully saturated rings. The van der Waals surface area contributed by atoms with Crippen LogP contribution in [0.5, 0.6) is 0 Å². The molecule has 6 heteroatoms. The molecule has 1 saturated heterocycles. The summed E-state index contributed by atoms with van der Waals surface area (Å²) in [5, 5.41) is 7.74. The van der Waals surface area contributed by atoms with Crippen LogP contribution in [0.1, 0.15) is 29.6 Å². The minimum Gasteiger partial charge on any atom is -0.346 e. The molecule has 2 N–H and O–H groups in total. The van der Waals surface area contributed by atoms with E-state index in [1.165, 1.54) is 6.42 Å². The van der Waals surface area contributed by atoms with E-state index in [4.69, 9.17) is 0 Å². The van der Waals surface area contributed by atoms with Gasteiger partial charge in [0, 0.05) is 48.2 Å². The van der Waals surface area contributed by atoms with Crippen molar-refractivity contribution in [2.45, 2.75) is 19.3 Å². The maximum atomic E-state index is 12.6. The van der Waals surface area contributed by atoms with Gasteiger partial charge in [-0.3, -0.25) is 9.89 Å². The van der Waals surface area contributed by atoms with Crippen LogP contribution in [0, 0.1) is 0 Å². The first-order valence-corrected chi connectivity index (χ1v) is 7.58. The molecule has 4 heterocycles. The third kappa shape index (κ3) is 2.16. The number of H-pyrrole nitrogens is 2. The second-order valence-corrected chi connectivity index (χ2v) is 5.66. The molecule has 1 aliphatic rings. The summed E-state index contributed by atoms with van der Waals surface area (Å²) in [6.45, 7) is 1.69. The molecule has 22 heavy (non-hydrogen) atoms. The smallest absolute Gasteiger partial charge is 0.255 e. The number of pyridine rings is 1. The molecule has 0 saturated carbocycles. The average Bonchev–Trinajstić information content (AvgIpc) is 3.23. The fourth-order valence-corrected chi connectivity index (χ4v) is 3.04. The van der Waals surface area contributed by atoms with E-state index >= 15 is 0 Å². The molecular formula is C16H17N5O. The van der Waals surface area contributed by atoms with E-state index in [-0.39, 0.29) is 5.91 Å². The number of carbonyl (C=O) groups excluding carboxylic acids is 1. The Hall–Kier alpha value is -2.63. The Bertz CT molecular complexity index is 799. The summed E-state index contributed by atoms with van der Waals surface area (Å²) < 4.78 is 0. The Labute approximate surface area is 127 Å². The molecule has 1 amide bonds. The topological polar surface area (TPSA) is 77.7 Å². The second-order valence-electron chi connectivity index (χ2n) is 5.66. The molecule has 6 nitrogen and oxygen atoms in total. The Morgan fingerprint density at radius 2 is 2.00 bits per heavy atom. The summed E-state index contributed by atoms with van der Waals surface area (Å²) >= 11 is 0. The molecule has 0 spiro atoms. The fourth-order valence-electron chi connectivity index (χ4n) is 3.04. The van der Waals surface area contributed by atoms with Crippen molar-refractivity contribution >= 4 is 16.9 Å². The number of carbonyl (C=O) groups is 1. The van der Waals surface area contributed by atoms with E-state index in [2.05, 4.69) is 20.2 Å². The molecule has 4 rings (SSSR count). The van der Waals surface area contributed by atoms with Crippen LogP contribution in [-0.2, 0) is 0 Å². The lowest BCUT2D eigenvalue weighted by atomic mass is 10.1. The summed E-state index contributed by atoms with van der Waals surface area (Å²) in [7, 11) is 0. The Kier molecular flexibility index (Phi) is 3.14. The van der Waals surface area contributed by atoms with Crippen LogP contribution in [0.25, 0.3) is 22.2 Å².